The zero-order chi connectivity index (χ0) is 29.2. The van der Waals surface area contributed by atoms with Gasteiger partial charge in [0.1, 0.15) is 33.8 Å². The average Bonchev–Trinajstić information content (AvgIpc) is 3.53. The number of benzene rings is 2. The molecule has 0 aliphatic carbocycles. The maximum absolute atomic E-state index is 15.4. The van der Waals surface area contributed by atoms with Gasteiger partial charge in [-0.1, -0.05) is 24.3 Å². The number of rotatable bonds is 9. The van der Waals surface area contributed by atoms with E-state index in [0.29, 0.717) is 51.1 Å². The second-order valence-corrected chi connectivity index (χ2v) is 10.8. The number of imidazole rings is 1. The largest absolute Gasteiger partial charge is 0.473 e. The van der Waals surface area contributed by atoms with Crippen LogP contribution in [-0.2, 0) is 29.0 Å². The number of methoxy groups -OCH3 is 1. The molecule has 1 saturated heterocycles. The van der Waals surface area contributed by atoms with Crippen LogP contribution in [0.3, 0.4) is 0 Å². The van der Waals surface area contributed by atoms with Crippen molar-refractivity contribution in [3.05, 3.63) is 99.7 Å². The molecule has 5 aromatic rings. The molecule has 0 spiro atoms. The minimum Gasteiger partial charge on any atom is -0.473 e. The lowest BCUT2D eigenvalue weighted by Crippen LogP contribution is -2.31. The van der Waals surface area contributed by atoms with Gasteiger partial charge in [-0.25, -0.2) is 23.5 Å². The fourth-order valence-corrected chi connectivity index (χ4v) is 5.67. The molecule has 4 heterocycles. The molecule has 1 atom stereocenters. The van der Waals surface area contributed by atoms with Crippen LogP contribution in [0.5, 0.6) is 5.88 Å². The number of thiophene rings is 1. The second-order valence-electron chi connectivity index (χ2n) is 9.76. The van der Waals surface area contributed by atoms with Gasteiger partial charge in [0, 0.05) is 30.2 Å². The van der Waals surface area contributed by atoms with Gasteiger partial charge in [-0.05, 0) is 42.3 Å². The van der Waals surface area contributed by atoms with Crippen LogP contribution in [0.4, 0.5) is 8.78 Å². The van der Waals surface area contributed by atoms with E-state index in [1.807, 2.05) is 10.6 Å². The minimum absolute atomic E-state index is 0.0452. The van der Waals surface area contributed by atoms with Crippen molar-refractivity contribution in [2.45, 2.75) is 32.1 Å². The van der Waals surface area contributed by atoms with E-state index in [1.54, 1.807) is 36.4 Å². The number of ether oxygens (including phenoxy) is 3. The van der Waals surface area contributed by atoms with Crippen LogP contribution in [0.1, 0.15) is 38.6 Å². The predicted octanol–water partition coefficient (Wildman–Crippen LogP) is 6.05. The lowest BCUT2D eigenvalue weighted by Gasteiger charge is -2.27. The molecular weight excluding hydrogens is 562 g/mol. The Morgan fingerprint density at radius 3 is 2.64 bits per heavy atom. The maximum atomic E-state index is 15.4. The Kier molecular flexibility index (Phi) is 7.65. The summed E-state index contributed by atoms with van der Waals surface area (Å²) >= 11 is 1.24. The van der Waals surface area contributed by atoms with Gasteiger partial charge in [-0.2, -0.15) is 5.26 Å². The van der Waals surface area contributed by atoms with E-state index in [4.69, 9.17) is 24.5 Å². The number of hydrogen-bond donors (Lipinski definition) is 0. The van der Waals surface area contributed by atoms with E-state index in [9.17, 15) is 9.18 Å². The van der Waals surface area contributed by atoms with Crippen LogP contribution in [0.15, 0.2) is 60.7 Å². The number of pyridine rings is 1. The van der Waals surface area contributed by atoms with E-state index in [0.717, 1.165) is 18.0 Å². The molecule has 1 unspecified atom stereocenters. The highest BCUT2D eigenvalue weighted by molar-refractivity contribution is 7.20. The standard InChI is InChI=1S/C31H24F2N4O4S/c1-39-31(38)27-14-26-30(42-27)36-28(37(26)16-22-9-10-40-22)13-19-7-8-20(12-24(19)33)25-3-2-4-29(35-25)41-17-21-6-5-18(15-34)11-23(21)32/h2-8,11-12,14,22H,9-10,13,16-17H2,1H3. The topological polar surface area (TPSA) is 99.3 Å². The van der Waals surface area contributed by atoms with E-state index in [-0.39, 0.29) is 30.6 Å². The number of halogens is 2. The zero-order valence-corrected chi connectivity index (χ0v) is 23.3. The van der Waals surface area contributed by atoms with Gasteiger partial charge >= 0.3 is 5.97 Å². The number of fused-ring (bicyclic) bond motifs is 1. The smallest absolute Gasteiger partial charge is 0.348 e. The number of esters is 1. The molecule has 6 rings (SSSR count). The highest BCUT2D eigenvalue weighted by Crippen LogP contribution is 2.31. The Labute approximate surface area is 243 Å². The first-order chi connectivity index (χ1) is 20.4. The summed E-state index contributed by atoms with van der Waals surface area (Å²) in [6, 6.07) is 17.8. The fraction of sp³-hybridized carbons (Fsp3) is 0.226. The molecule has 0 amide bonds. The predicted molar refractivity (Wildman–Crippen MR) is 151 cm³/mol. The minimum atomic E-state index is -0.535. The number of hydrogen-bond acceptors (Lipinski definition) is 8. The van der Waals surface area contributed by atoms with Crippen molar-refractivity contribution < 1.29 is 27.8 Å². The van der Waals surface area contributed by atoms with Gasteiger partial charge < -0.3 is 18.8 Å². The molecular formula is C31H24F2N4O4S. The lowest BCUT2D eigenvalue weighted by atomic mass is 10.1. The maximum Gasteiger partial charge on any atom is 0.348 e. The first kappa shape index (κ1) is 27.5. The van der Waals surface area contributed by atoms with Crippen molar-refractivity contribution in [3.63, 3.8) is 0 Å². The number of nitrogens with zero attached hydrogens (tertiary/aromatic N) is 4. The van der Waals surface area contributed by atoms with E-state index in [1.165, 1.54) is 36.6 Å². The summed E-state index contributed by atoms with van der Waals surface area (Å²) in [7, 11) is 1.34. The Morgan fingerprint density at radius 1 is 1.12 bits per heavy atom. The Hall–Kier alpha value is -4.66. The first-order valence-electron chi connectivity index (χ1n) is 13.2. The van der Waals surface area contributed by atoms with Crippen LogP contribution in [0.25, 0.3) is 21.6 Å². The Morgan fingerprint density at radius 2 is 1.93 bits per heavy atom. The van der Waals surface area contributed by atoms with E-state index in [2.05, 4.69) is 4.98 Å². The van der Waals surface area contributed by atoms with Gasteiger partial charge in [-0.15, -0.1) is 11.3 Å². The molecule has 2 aromatic carbocycles. The van der Waals surface area contributed by atoms with Crippen LogP contribution in [0.2, 0.25) is 0 Å². The highest BCUT2D eigenvalue weighted by atomic mass is 32.1. The zero-order valence-electron chi connectivity index (χ0n) is 22.5. The van der Waals surface area contributed by atoms with Crippen molar-refractivity contribution in [2.75, 3.05) is 13.7 Å². The van der Waals surface area contributed by atoms with Gasteiger partial charge in [-0.3, -0.25) is 0 Å². The summed E-state index contributed by atoms with van der Waals surface area (Å²) in [6.45, 7) is 1.20. The van der Waals surface area contributed by atoms with Crippen LogP contribution in [0, 0.1) is 23.0 Å². The highest BCUT2D eigenvalue weighted by Gasteiger charge is 2.24. The number of nitriles is 1. The molecule has 0 saturated carbocycles. The lowest BCUT2D eigenvalue weighted by molar-refractivity contribution is -0.0589. The monoisotopic (exact) mass is 586 g/mol. The number of carbonyl (C=O) groups is 1. The average molecular weight is 587 g/mol. The number of aromatic nitrogens is 3. The normalized spacial score (nSPS) is 14.4. The third kappa shape index (κ3) is 5.59. The third-order valence-electron chi connectivity index (χ3n) is 7.07. The molecule has 0 bridgehead atoms. The van der Waals surface area contributed by atoms with Crippen molar-refractivity contribution in [3.8, 4) is 23.2 Å². The summed E-state index contributed by atoms with van der Waals surface area (Å²) < 4.78 is 47.8. The molecule has 3 aromatic heterocycles. The molecule has 42 heavy (non-hydrogen) atoms. The molecule has 1 fully saturated rings. The summed E-state index contributed by atoms with van der Waals surface area (Å²) in [5, 5.41) is 8.91. The molecule has 1 aliphatic rings. The second kappa shape index (κ2) is 11.7. The van der Waals surface area contributed by atoms with Crippen molar-refractivity contribution >= 4 is 27.7 Å². The van der Waals surface area contributed by atoms with Crippen molar-refractivity contribution in [1.82, 2.24) is 14.5 Å². The van der Waals surface area contributed by atoms with Crippen molar-refractivity contribution in [1.29, 1.82) is 5.26 Å². The first-order valence-corrected chi connectivity index (χ1v) is 14.0. The van der Waals surface area contributed by atoms with Crippen molar-refractivity contribution in [2.24, 2.45) is 0 Å². The molecule has 212 valence electrons. The van der Waals surface area contributed by atoms with Gasteiger partial charge in [0.25, 0.3) is 0 Å². The van der Waals surface area contributed by atoms with Gasteiger partial charge in [0.05, 0.1) is 42.6 Å². The summed E-state index contributed by atoms with van der Waals surface area (Å²) in [6.07, 6.45) is 1.22. The quantitative estimate of drug-likeness (QED) is 0.194. The number of carbonyl (C=O) groups excluding carboxylic acids is 1. The molecule has 1 aliphatic heterocycles. The molecule has 0 N–H and O–H groups in total. The molecule has 8 nitrogen and oxygen atoms in total. The van der Waals surface area contributed by atoms with E-state index < -0.39 is 17.6 Å². The van der Waals surface area contributed by atoms with Gasteiger partial charge in [0.2, 0.25) is 5.88 Å². The van der Waals surface area contributed by atoms with Crippen LogP contribution in [-0.4, -0.2) is 40.3 Å². The summed E-state index contributed by atoms with van der Waals surface area (Å²) in [5.74, 6) is -0.427. The fourth-order valence-electron chi connectivity index (χ4n) is 4.70. The Bertz CT molecular complexity index is 1840. The SMILES string of the molecule is COC(=O)c1cc2c(nc(Cc3ccc(-c4cccc(OCc5ccc(C#N)cc5F)n4)cc3F)n2CC2CCO2)s1. The van der Waals surface area contributed by atoms with Gasteiger partial charge in [0.15, 0.2) is 0 Å². The molecule has 0 radical (unpaired) electrons. The summed E-state index contributed by atoms with van der Waals surface area (Å²) in [5.41, 5.74) is 2.83. The molecule has 11 heteroatoms. The van der Waals surface area contributed by atoms with E-state index >= 15 is 4.39 Å². The summed E-state index contributed by atoms with van der Waals surface area (Å²) in [4.78, 5) is 22.4. The Balaban J connectivity index is 1.21. The van der Waals surface area contributed by atoms with Crippen LogP contribution < -0.4 is 4.74 Å². The third-order valence-corrected chi connectivity index (χ3v) is 8.07. The van der Waals surface area contributed by atoms with Crippen LogP contribution >= 0.6 is 11.3 Å².